The largest absolute Gasteiger partial charge is 0.477 e. The molecule has 7 heteroatoms. The minimum Gasteiger partial charge on any atom is -0.477 e. The summed E-state index contributed by atoms with van der Waals surface area (Å²) in [5, 5.41) is 0. The molecule has 2 atom stereocenters. The standard InChI is InChI=1S/C16H21N3O4/c1-3-22-15-11(5-4-7-17-15)16(21)19-9-12-13(10-19)23-8-6-14(20)18(12)2/h4-5,7,12-13H,3,6,8-10H2,1-2H3/t12-,13-/m0/s1. The molecule has 3 rings (SSSR count). The topological polar surface area (TPSA) is 72.0 Å². The Hall–Kier alpha value is -2.15. The highest BCUT2D eigenvalue weighted by Crippen LogP contribution is 2.25. The summed E-state index contributed by atoms with van der Waals surface area (Å²) in [6.07, 6.45) is 1.86. The van der Waals surface area contributed by atoms with Gasteiger partial charge in [-0.1, -0.05) is 0 Å². The van der Waals surface area contributed by atoms with Crippen molar-refractivity contribution in [2.24, 2.45) is 0 Å². The van der Waals surface area contributed by atoms with Crippen molar-refractivity contribution in [3.8, 4) is 5.88 Å². The van der Waals surface area contributed by atoms with Crippen LogP contribution in [-0.2, 0) is 9.53 Å². The van der Waals surface area contributed by atoms with E-state index in [-0.39, 0.29) is 24.0 Å². The van der Waals surface area contributed by atoms with Crippen LogP contribution >= 0.6 is 0 Å². The van der Waals surface area contributed by atoms with E-state index in [1.807, 2.05) is 6.92 Å². The number of hydrogen-bond donors (Lipinski definition) is 0. The number of fused-ring (bicyclic) bond motifs is 1. The second-order valence-corrected chi connectivity index (χ2v) is 5.73. The molecule has 2 amide bonds. The number of nitrogens with zero attached hydrogens (tertiary/aromatic N) is 3. The summed E-state index contributed by atoms with van der Waals surface area (Å²) in [4.78, 5) is 32.3. The van der Waals surface area contributed by atoms with Crippen LogP contribution in [0.25, 0.3) is 0 Å². The zero-order valence-corrected chi connectivity index (χ0v) is 13.4. The van der Waals surface area contributed by atoms with E-state index in [9.17, 15) is 9.59 Å². The number of likely N-dealkylation sites (tertiary alicyclic amines) is 1. The zero-order valence-electron chi connectivity index (χ0n) is 13.4. The number of carbonyl (C=O) groups excluding carboxylic acids is 2. The Morgan fingerprint density at radius 2 is 2.30 bits per heavy atom. The Kier molecular flexibility index (Phi) is 4.47. The third-order valence-electron chi connectivity index (χ3n) is 4.35. The lowest BCUT2D eigenvalue weighted by Gasteiger charge is -2.25. The number of hydrogen-bond acceptors (Lipinski definition) is 5. The first-order valence-corrected chi connectivity index (χ1v) is 7.86. The van der Waals surface area contributed by atoms with E-state index < -0.39 is 0 Å². The minimum atomic E-state index is -0.140. The number of carbonyl (C=O) groups is 2. The van der Waals surface area contributed by atoms with Gasteiger partial charge in [-0.2, -0.15) is 0 Å². The highest BCUT2D eigenvalue weighted by molar-refractivity contribution is 5.96. The number of likely N-dealkylation sites (N-methyl/N-ethyl adjacent to an activating group) is 1. The summed E-state index contributed by atoms with van der Waals surface area (Å²) in [5.41, 5.74) is 0.444. The lowest BCUT2D eigenvalue weighted by Crippen LogP contribution is -2.43. The fourth-order valence-electron chi connectivity index (χ4n) is 3.09. The van der Waals surface area contributed by atoms with Gasteiger partial charge in [-0.3, -0.25) is 9.59 Å². The number of ether oxygens (including phenoxy) is 2. The molecule has 0 aromatic carbocycles. The molecule has 2 aliphatic heterocycles. The van der Waals surface area contributed by atoms with Crippen LogP contribution in [0.15, 0.2) is 18.3 Å². The first kappa shape index (κ1) is 15.7. The van der Waals surface area contributed by atoms with E-state index in [1.165, 1.54) is 0 Å². The molecule has 0 saturated carbocycles. The normalized spacial score (nSPS) is 24.3. The monoisotopic (exact) mass is 319 g/mol. The molecule has 0 aliphatic carbocycles. The Bertz CT molecular complexity index is 607. The second-order valence-electron chi connectivity index (χ2n) is 5.73. The molecule has 0 bridgehead atoms. The van der Waals surface area contributed by atoms with Crippen molar-refractivity contribution in [1.29, 1.82) is 0 Å². The van der Waals surface area contributed by atoms with E-state index in [0.29, 0.717) is 44.2 Å². The first-order chi connectivity index (χ1) is 11.1. The highest BCUT2D eigenvalue weighted by Gasteiger charge is 2.42. The molecule has 7 nitrogen and oxygen atoms in total. The van der Waals surface area contributed by atoms with Crippen molar-refractivity contribution in [2.45, 2.75) is 25.5 Å². The van der Waals surface area contributed by atoms with Gasteiger partial charge in [-0.15, -0.1) is 0 Å². The number of amides is 2. The van der Waals surface area contributed by atoms with E-state index in [1.54, 1.807) is 35.2 Å². The van der Waals surface area contributed by atoms with Crippen LogP contribution in [0.3, 0.4) is 0 Å². The van der Waals surface area contributed by atoms with Crippen LogP contribution in [0.5, 0.6) is 5.88 Å². The van der Waals surface area contributed by atoms with Crippen LogP contribution in [0.4, 0.5) is 0 Å². The third-order valence-corrected chi connectivity index (χ3v) is 4.35. The van der Waals surface area contributed by atoms with E-state index in [2.05, 4.69) is 4.98 Å². The fourth-order valence-corrected chi connectivity index (χ4v) is 3.09. The minimum absolute atomic E-state index is 0.0585. The molecule has 1 aromatic rings. The van der Waals surface area contributed by atoms with Crippen molar-refractivity contribution in [3.63, 3.8) is 0 Å². The van der Waals surface area contributed by atoms with Gasteiger partial charge in [0, 0.05) is 26.3 Å². The van der Waals surface area contributed by atoms with Crippen molar-refractivity contribution in [3.05, 3.63) is 23.9 Å². The number of aromatic nitrogens is 1. The molecular formula is C16H21N3O4. The summed E-state index contributed by atoms with van der Waals surface area (Å²) >= 11 is 0. The molecule has 2 aliphatic rings. The van der Waals surface area contributed by atoms with Crippen LogP contribution in [-0.4, -0.2) is 72.1 Å². The van der Waals surface area contributed by atoms with Gasteiger partial charge in [0.25, 0.3) is 5.91 Å². The third kappa shape index (κ3) is 3.01. The lowest BCUT2D eigenvalue weighted by molar-refractivity contribution is -0.131. The van der Waals surface area contributed by atoms with E-state index >= 15 is 0 Å². The molecule has 0 unspecified atom stereocenters. The van der Waals surface area contributed by atoms with Gasteiger partial charge < -0.3 is 19.3 Å². The lowest BCUT2D eigenvalue weighted by atomic mass is 10.2. The first-order valence-electron chi connectivity index (χ1n) is 7.86. The zero-order chi connectivity index (χ0) is 16.4. The van der Waals surface area contributed by atoms with E-state index in [4.69, 9.17) is 9.47 Å². The summed E-state index contributed by atoms with van der Waals surface area (Å²) in [7, 11) is 1.78. The second kappa shape index (κ2) is 6.54. The average Bonchev–Trinajstić information content (AvgIpc) is 2.93. The Morgan fingerprint density at radius 3 is 3.09 bits per heavy atom. The molecule has 124 valence electrons. The van der Waals surface area contributed by atoms with Gasteiger partial charge >= 0.3 is 0 Å². The molecular weight excluding hydrogens is 298 g/mol. The fraction of sp³-hybridized carbons (Fsp3) is 0.562. The van der Waals surface area contributed by atoms with Gasteiger partial charge in [-0.25, -0.2) is 4.98 Å². The highest BCUT2D eigenvalue weighted by atomic mass is 16.5. The number of pyridine rings is 1. The smallest absolute Gasteiger partial charge is 0.259 e. The summed E-state index contributed by atoms with van der Waals surface area (Å²) < 4.78 is 11.2. The maximum absolute atomic E-state index is 12.8. The molecule has 0 spiro atoms. The van der Waals surface area contributed by atoms with Crippen LogP contribution < -0.4 is 4.74 Å². The summed E-state index contributed by atoms with van der Waals surface area (Å²) in [5.74, 6) is 0.264. The van der Waals surface area contributed by atoms with Crippen LogP contribution in [0.1, 0.15) is 23.7 Å². The summed E-state index contributed by atoms with van der Waals surface area (Å²) in [6.45, 7) is 3.64. The quantitative estimate of drug-likeness (QED) is 0.814. The predicted molar refractivity (Wildman–Crippen MR) is 82.2 cm³/mol. The molecule has 2 saturated heterocycles. The maximum Gasteiger partial charge on any atom is 0.259 e. The van der Waals surface area contributed by atoms with Gasteiger partial charge in [0.05, 0.1) is 31.8 Å². The average molecular weight is 319 g/mol. The Balaban J connectivity index is 1.79. The molecule has 1 aromatic heterocycles. The van der Waals surface area contributed by atoms with Crippen LogP contribution in [0.2, 0.25) is 0 Å². The summed E-state index contributed by atoms with van der Waals surface area (Å²) in [6, 6.07) is 3.33. The molecule has 3 heterocycles. The van der Waals surface area contributed by atoms with Gasteiger partial charge in [0.15, 0.2) is 0 Å². The van der Waals surface area contributed by atoms with Crippen molar-refractivity contribution >= 4 is 11.8 Å². The molecule has 0 radical (unpaired) electrons. The van der Waals surface area contributed by atoms with E-state index in [0.717, 1.165) is 0 Å². The van der Waals surface area contributed by atoms with Gasteiger partial charge in [0.1, 0.15) is 5.56 Å². The Morgan fingerprint density at radius 1 is 1.48 bits per heavy atom. The van der Waals surface area contributed by atoms with Crippen molar-refractivity contribution < 1.29 is 19.1 Å². The van der Waals surface area contributed by atoms with Crippen molar-refractivity contribution in [2.75, 3.05) is 33.4 Å². The number of rotatable bonds is 3. The maximum atomic E-state index is 12.8. The molecule has 0 N–H and O–H groups in total. The van der Waals surface area contributed by atoms with Gasteiger partial charge in [-0.05, 0) is 19.1 Å². The molecule has 2 fully saturated rings. The van der Waals surface area contributed by atoms with Crippen molar-refractivity contribution in [1.82, 2.24) is 14.8 Å². The van der Waals surface area contributed by atoms with Crippen LogP contribution in [0, 0.1) is 0 Å². The Labute approximate surface area is 135 Å². The SMILES string of the molecule is CCOc1ncccc1C(=O)N1C[C@@H]2OCCC(=O)N(C)[C@H]2C1. The molecule has 23 heavy (non-hydrogen) atoms. The predicted octanol–water partition coefficient (Wildman–Crippen LogP) is 0.552. The van der Waals surface area contributed by atoms with Gasteiger partial charge in [0.2, 0.25) is 11.8 Å².